The fourth-order valence-corrected chi connectivity index (χ4v) is 6.10. The van der Waals surface area contributed by atoms with E-state index in [0.717, 1.165) is 5.56 Å². The maximum atomic E-state index is 14.1. The number of hydrogen-bond donors (Lipinski definition) is 1. The average molecular weight is 611 g/mol. The first-order valence-electron chi connectivity index (χ1n) is 13.5. The zero-order chi connectivity index (χ0) is 30.7. The lowest BCUT2D eigenvalue weighted by atomic mass is 10.0. The topological polar surface area (TPSA) is 156 Å². The number of ether oxygens (including phenoxy) is 4. The van der Waals surface area contributed by atoms with Crippen LogP contribution in [-0.4, -0.2) is 95.9 Å². The Balaban J connectivity index is 1.60. The van der Waals surface area contributed by atoms with Crippen LogP contribution in [0.25, 0.3) is 17.2 Å². The molecule has 1 aliphatic rings. The number of aryl methyl sites for hydroxylation is 1. The minimum Gasteiger partial charge on any atom is -0.494 e. The van der Waals surface area contributed by atoms with Crippen LogP contribution in [-0.2, 0) is 14.8 Å². The van der Waals surface area contributed by atoms with E-state index in [1.165, 1.54) is 25.9 Å². The number of nitrogens with zero attached hydrogens (tertiary/aromatic N) is 7. The van der Waals surface area contributed by atoms with Crippen LogP contribution in [0, 0.1) is 6.92 Å². The van der Waals surface area contributed by atoms with Crippen molar-refractivity contribution in [1.82, 2.24) is 34.6 Å². The predicted molar refractivity (Wildman–Crippen MR) is 158 cm³/mol. The van der Waals surface area contributed by atoms with Gasteiger partial charge in [-0.25, -0.2) is 23.4 Å². The molecule has 3 aromatic heterocycles. The molecule has 14 nitrogen and oxygen atoms in total. The lowest BCUT2D eigenvalue weighted by Crippen LogP contribution is -2.56. The molecule has 4 aromatic rings. The highest BCUT2D eigenvalue weighted by Crippen LogP contribution is 2.38. The number of rotatable bonds is 12. The third-order valence-electron chi connectivity index (χ3n) is 7.29. The molecule has 5 rings (SSSR count). The standard InChI is InChI=1S/C28H34N8O6S/c1-17-13-29-26(30-14-17)24(35-15-19(16-35)39-3)18(2)43(37,38)34-28-33-32-27(20-9-7-12-23(31-20)42-6)36(28)25-21(40-4)10-8-11-22(25)41-5/h7-14,18-19,24H,15-16H2,1-6H3,(H,33,34)/t18-,24-/m1/s1. The van der Waals surface area contributed by atoms with Gasteiger partial charge < -0.3 is 18.9 Å². The number of anilines is 1. The minimum atomic E-state index is -4.13. The molecule has 0 bridgehead atoms. The fraction of sp³-hybridized carbons (Fsp3) is 0.393. The molecule has 0 saturated carbocycles. The Morgan fingerprint density at radius 2 is 1.58 bits per heavy atom. The Morgan fingerprint density at radius 3 is 2.19 bits per heavy atom. The first-order valence-corrected chi connectivity index (χ1v) is 15.0. The molecule has 1 N–H and O–H groups in total. The maximum absolute atomic E-state index is 14.1. The smallest absolute Gasteiger partial charge is 0.243 e. The van der Waals surface area contributed by atoms with Gasteiger partial charge in [0.2, 0.25) is 21.9 Å². The summed E-state index contributed by atoms with van der Waals surface area (Å²) in [6, 6.07) is 9.71. The SMILES string of the molecule is COc1cccc(-c2nnc(NS(=O)(=O)[C@H](C)[C@H](c3ncc(C)cn3)N3CC(OC)C3)n2-c2c(OC)cccc2OC)n1. The van der Waals surface area contributed by atoms with Crippen LogP contribution in [0.1, 0.15) is 24.4 Å². The van der Waals surface area contributed by atoms with Crippen molar-refractivity contribution in [1.29, 1.82) is 0 Å². The third-order valence-corrected chi connectivity index (χ3v) is 8.99. The zero-order valence-corrected chi connectivity index (χ0v) is 25.6. The Labute approximate surface area is 250 Å². The van der Waals surface area contributed by atoms with Gasteiger partial charge in [-0.05, 0) is 37.6 Å². The number of aromatic nitrogens is 6. The number of methoxy groups -OCH3 is 4. The third kappa shape index (κ3) is 5.96. The Kier molecular flexibility index (Phi) is 8.75. The van der Waals surface area contributed by atoms with Crippen molar-refractivity contribution in [2.45, 2.75) is 31.2 Å². The molecule has 0 radical (unpaired) electrons. The van der Waals surface area contributed by atoms with E-state index < -0.39 is 21.3 Å². The van der Waals surface area contributed by atoms with Crippen molar-refractivity contribution in [3.05, 3.63) is 60.2 Å². The number of pyridine rings is 1. The summed E-state index contributed by atoms with van der Waals surface area (Å²) >= 11 is 0. The fourth-order valence-electron chi connectivity index (χ4n) is 4.89. The van der Waals surface area contributed by atoms with E-state index in [0.29, 0.717) is 47.7 Å². The number of benzene rings is 1. The quantitative estimate of drug-likeness (QED) is 0.251. The first kappa shape index (κ1) is 30.1. The maximum Gasteiger partial charge on any atom is 0.243 e. The predicted octanol–water partition coefficient (Wildman–Crippen LogP) is 2.66. The molecule has 228 valence electrons. The number of para-hydroxylation sites is 1. The van der Waals surface area contributed by atoms with Crippen molar-refractivity contribution in [3.8, 4) is 34.6 Å². The molecule has 0 unspecified atom stereocenters. The van der Waals surface area contributed by atoms with E-state index in [1.807, 2.05) is 11.8 Å². The van der Waals surface area contributed by atoms with Crippen molar-refractivity contribution in [3.63, 3.8) is 0 Å². The Morgan fingerprint density at radius 1 is 0.930 bits per heavy atom. The van der Waals surface area contributed by atoms with Crippen molar-refractivity contribution in [2.75, 3.05) is 46.3 Å². The number of hydrogen-bond acceptors (Lipinski definition) is 12. The number of likely N-dealkylation sites (tertiary alicyclic amines) is 1. The summed E-state index contributed by atoms with van der Waals surface area (Å²) in [6.07, 6.45) is 3.34. The van der Waals surface area contributed by atoms with Crippen molar-refractivity contribution < 1.29 is 27.4 Å². The van der Waals surface area contributed by atoms with Gasteiger partial charge >= 0.3 is 0 Å². The minimum absolute atomic E-state index is 0.00478. The van der Waals surface area contributed by atoms with Gasteiger partial charge in [-0.1, -0.05) is 12.1 Å². The van der Waals surface area contributed by atoms with Crippen LogP contribution in [0.3, 0.4) is 0 Å². The normalized spacial score (nSPS) is 15.4. The Hall–Kier alpha value is -4.34. The molecule has 1 aromatic carbocycles. The van der Waals surface area contributed by atoms with Crippen molar-refractivity contribution >= 4 is 16.0 Å². The lowest BCUT2D eigenvalue weighted by molar-refractivity contribution is -0.0530. The highest BCUT2D eigenvalue weighted by atomic mass is 32.2. The molecule has 0 spiro atoms. The van der Waals surface area contributed by atoms with Crippen LogP contribution >= 0.6 is 0 Å². The van der Waals surface area contributed by atoms with Gasteiger partial charge in [0.15, 0.2) is 5.82 Å². The summed E-state index contributed by atoms with van der Waals surface area (Å²) in [5.74, 6) is 1.68. The second kappa shape index (κ2) is 12.5. The molecule has 1 aliphatic heterocycles. The van der Waals surface area contributed by atoms with E-state index in [2.05, 4.69) is 29.9 Å². The molecule has 4 heterocycles. The largest absolute Gasteiger partial charge is 0.494 e. The van der Waals surface area contributed by atoms with Gasteiger partial charge in [0.25, 0.3) is 0 Å². The van der Waals surface area contributed by atoms with E-state index in [4.69, 9.17) is 18.9 Å². The van der Waals surface area contributed by atoms with Crippen LogP contribution < -0.4 is 18.9 Å². The van der Waals surface area contributed by atoms with Crippen LogP contribution in [0.2, 0.25) is 0 Å². The summed E-state index contributed by atoms with van der Waals surface area (Å²) in [7, 11) is 2.01. The second-order valence-electron chi connectivity index (χ2n) is 9.99. The Bertz CT molecular complexity index is 1650. The van der Waals surface area contributed by atoms with Gasteiger partial charge in [0.1, 0.15) is 34.0 Å². The molecule has 2 atom stereocenters. The van der Waals surface area contributed by atoms with Crippen LogP contribution in [0.15, 0.2) is 48.8 Å². The second-order valence-corrected chi connectivity index (χ2v) is 12.0. The average Bonchev–Trinajstić information content (AvgIpc) is 3.40. The van der Waals surface area contributed by atoms with E-state index in [-0.39, 0.29) is 17.9 Å². The lowest BCUT2D eigenvalue weighted by Gasteiger charge is -2.44. The van der Waals surface area contributed by atoms with Gasteiger partial charge in [-0.2, -0.15) is 0 Å². The molecular formula is C28H34N8O6S. The summed E-state index contributed by atoms with van der Waals surface area (Å²) < 4.78 is 54.4. The van der Waals surface area contributed by atoms with Gasteiger partial charge in [0, 0.05) is 38.7 Å². The molecule has 0 amide bonds. The van der Waals surface area contributed by atoms with Crippen LogP contribution in [0.4, 0.5) is 5.95 Å². The summed E-state index contributed by atoms with van der Waals surface area (Å²) in [5.41, 5.74) is 1.63. The summed E-state index contributed by atoms with van der Waals surface area (Å²) in [4.78, 5) is 15.4. The number of nitrogens with one attached hydrogen (secondary N) is 1. The molecule has 1 fully saturated rings. The van der Waals surface area contributed by atoms with E-state index >= 15 is 0 Å². The molecule has 1 saturated heterocycles. The summed E-state index contributed by atoms with van der Waals surface area (Å²) in [6.45, 7) is 4.57. The van der Waals surface area contributed by atoms with Gasteiger partial charge in [-0.15, -0.1) is 10.2 Å². The highest BCUT2D eigenvalue weighted by molar-refractivity contribution is 7.93. The van der Waals surface area contributed by atoms with E-state index in [9.17, 15) is 8.42 Å². The number of sulfonamides is 1. The zero-order valence-electron chi connectivity index (χ0n) is 24.8. The van der Waals surface area contributed by atoms with Gasteiger partial charge in [-0.3, -0.25) is 14.2 Å². The molecule has 43 heavy (non-hydrogen) atoms. The molecule has 15 heteroatoms. The monoisotopic (exact) mass is 610 g/mol. The van der Waals surface area contributed by atoms with Crippen molar-refractivity contribution in [2.24, 2.45) is 0 Å². The van der Waals surface area contributed by atoms with E-state index in [1.54, 1.807) is 62.8 Å². The van der Waals surface area contributed by atoms with Gasteiger partial charge in [0.05, 0.1) is 33.5 Å². The van der Waals surface area contributed by atoms with Crippen LogP contribution in [0.5, 0.6) is 17.4 Å². The molecular weight excluding hydrogens is 576 g/mol. The first-order chi connectivity index (χ1) is 20.7. The highest BCUT2D eigenvalue weighted by Gasteiger charge is 2.43. The molecule has 0 aliphatic carbocycles. The summed E-state index contributed by atoms with van der Waals surface area (Å²) in [5, 5.41) is 7.59.